The van der Waals surface area contributed by atoms with Crippen molar-refractivity contribution in [2.75, 3.05) is 13.7 Å². The van der Waals surface area contributed by atoms with Crippen molar-refractivity contribution >= 4 is 23.6 Å². The molecule has 2 aliphatic heterocycles. The molecule has 0 radical (unpaired) electrons. The van der Waals surface area contributed by atoms with E-state index >= 15 is 0 Å². The van der Waals surface area contributed by atoms with Gasteiger partial charge in [-0.15, -0.1) is 11.8 Å². The van der Waals surface area contributed by atoms with E-state index in [9.17, 15) is 9.90 Å². The van der Waals surface area contributed by atoms with Gasteiger partial charge in [0.1, 0.15) is 22.4 Å². The minimum absolute atomic E-state index is 0.571. The molecule has 3 rings (SSSR count). The van der Waals surface area contributed by atoms with Gasteiger partial charge in [0.05, 0.1) is 7.11 Å². The number of aliphatic imine (C=N–C) groups is 1. The van der Waals surface area contributed by atoms with E-state index in [0.717, 1.165) is 37.5 Å². The molecule has 6 heteroatoms. The zero-order valence-corrected chi connectivity index (χ0v) is 14.8. The first-order chi connectivity index (χ1) is 11.5. The van der Waals surface area contributed by atoms with Crippen LogP contribution in [-0.2, 0) is 11.3 Å². The minimum atomic E-state index is -0.817. The van der Waals surface area contributed by atoms with Crippen LogP contribution in [0.15, 0.2) is 40.7 Å². The molecule has 1 saturated heterocycles. The van der Waals surface area contributed by atoms with Crippen LogP contribution >= 0.6 is 11.8 Å². The van der Waals surface area contributed by atoms with Gasteiger partial charge in [-0.05, 0) is 36.4 Å². The van der Waals surface area contributed by atoms with E-state index in [1.165, 1.54) is 17.3 Å². The Balaban J connectivity index is 1.76. The number of methoxy groups -OCH3 is 1. The Kier molecular flexibility index (Phi) is 4.85. The van der Waals surface area contributed by atoms with Crippen LogP contribution in [0.4, 0.5) is 0 Å². The van der Waals surface area contributed by atoms with Gasteiger partial charge in [-0.25, -0.2) is 0 Å². The third-order valence-electron chi connectivity index (χ3n) is 4.50. The van der Waals surface area contributed by atoms with Crippen molar-refractivity contribution in [3.8, 4) is 5.75 Å². The molecule has 0 spiro atoms. The highest BCUT2D eigenvalue weighted by atomic mass is 32.2. The number of carboxylic acid groups (broad SMARTS) is 1. The summed E-state index contributed by atoms with van der Waals surface area (Å²) in [7, 11) is 1.66. The largest absolute Gasteiger partial charge is 0.497 e. The third-order valence-corrected chi connectivity index (χ3v) is 5.61. The quantitative estimate of drug-likeness (QED) is 0.886. The van der Waals surface area contributed by atoms with Crippen molar-refractivity contribution < 1.29 is 14.6 Å². The first-order valence-corrected chi connectivity index (χ1v) is 8.94. The van der Waals surface area contributed by atoms with E-state index < -0.39 is 16.8 Å². The Labute approximate surface area is 146 Å². The zero-order valence-electron chi connectivity index (χ0n) is 13.9. The highest BCUT2D eigenvalue weighted by molar-refractivity contribution is 8.03. The van der Waals surface area contributed by atoms with Crippen LogP contribution in [0.5, 0.6) is 5.75 Å². The van der Waals surface area contributed by atoms with Crippen LogP contribution in [0.2, 0.25) is 0 Å². The molecule has 2 atom stereocenters. The lowest BCUT2D eigenvalue weighted by atomic mass is 10.0. The topological polar surface area (TPSA) is 62.1 Å². The van der Waals surface area contributed by atoms with Crippen molar-refractivity contribution in [3.05, 3.63) is 41.3 Å². The highest BCUT2D eigenvalue weighted by Crippen LogP contribution is 2.43. The van der Waals surface area contributed by atoms with E-state index in [2.05, 4.69) is 17.0 Å². The van der Waals surface area contributed by atoms with Crippen LogP contribution in [0.3, 0.4) is 0 Å². The summed E-state index contributed by atoms with van der Waals surface area (Å²) in [5, 5.41) is 11.3. The summed E-state index contributed by atoms with van der Waals surface area (Å²) in [5.74, 6) is 0.469. The zero-order chi connectivity index (χ0) is 17.2. The number of benzene rings is 1. The smallest absolute Gasteiger partial charge is 0.313 e. The maximum atomic E-state index is 11.5. The van der Waals surface area contributed by atoms with Crippen LogP contribution in [0.1, 0.15) is 25.3 Å². The Hall–Kier alpha value is -1.95. The second kappa shape index (κ2) is 6.89. The Bertz CT molecular complexity index is 671. The van der Waals surface area contributed by atoms with Gasteiger partial charge in [0.15, 0.2) is 0 Å². The highest BCUT2D eigenvalue weighted by Gasteiger charge is 2.42. The molecule has 1 N–H and O–H groups in total. The van der Waals surface area contributed by atoms with E-state index in [1.54, 1.807) is 13.2 Å². The predicted molar refractivity (Wildman–Crippen MR) is 96.3 cm³/mol. The molecule has 1 aromatic rings. The number of thioether (sulfide) groups is 1. The summed E-state index contributed by atoms with van der Waals surface area (Å²) in [6.45, 7) is 3.65. The van der Waals surface area contributed by atoms with E-state index in [4.69, 9.17) is 9.73 Å². The summed E-state index contributed by atoms with van der Waals surface area (Å²) < 4.78 is 5.19. The van der Waals surface area contributed by atoms with Crippen molar-refractivity contribution in [1.82, 2.24) is 4.90 Å². The fourth-order valence-electron chi connectivity index (χ4n) is 3.13. The molecular weight excluding hydrogens is 324 g/mol. The Morgan fingerprint density at radius 2 is 2.21 bits per heavy atom. The number of ether oxygens (including phenoxy) is 1. The maximum Gasteiger partial charge on any atom is 0.313 e. The standard InChI is InChI=1S/C18H22N2O3S/c1-18(15(17(21)22)9-11-24-18)19-16-4-3-10-20(16)12-13-5-7-14(23-2)8-6-13/h5-9,11,15H,3-4,10,12H2,1-2H3,(H,21,22)/b19-16+. The lowest BCUT2D eigenvalue weighted by molar-refractivity contribution is -0.140. The lowest BCUT2D eigenvalue weighted by Crippen LogP contribution is -2.34. The van der Waals surface area contributed by atoms with Crippen molar-refractivity contribution in [2.24, 2.45) is 10.9 Å². The average molecular weight is 346 g/mol. The van der Waals surface area contributed by atoms with Crippen molar-refractivity contribution in [2.45, 2.75) is 31.2 Å². The number of rotatable bonds is 5. The molecule has 1 aromatic carbocycles. The third kappa shape index (κ3) is 3.43. The van der Waals surface area contributed by atoms with Crippen molar-refractivity contribution in [3.63, 3.8) is 0 Å². The second-order valence-corrected chi connectivity index (χ2v) is 7.55. The Morgan fingerprint density at radius 3 is 2.88 bits per heavy atom. The molecule has 2 aliphatic rings. The fourth-order valence-corrected chi connectivity index (χ4v) is 4.13. The van der Waals surface area contributed by atoms with Gasteiger partial charge in [0, 0.05) is 19.5 Å². The number of amidine groups is 1. The molecule has 1 fully saturated rings. The SMILES string of the molecule is COc1ccc(CN2CCC/C2=N\C2(C)SC=CC2C(=O)O)cc1. The summed E-state index contributed by atoms with van der Waals surface area (Å²) in [6.07, 6.45) is 3.69. The molecule has 2 heterocycles. The summed E-state index contributed by atoms with van der Waals surface area (Å²) in [4.78, 5) is 17.9. The number of likely N-dealkylation sites (tertiary alicyclic amines) is 1. The lowest BCUT2D eigenvalue weighted by Gasteiger charge is -2.27. The number of nitrogens with zero attached hydrogens (tertiary/aromatic N) is 2. The molecule has 128 valence electrons. The molecular formula is C18H22N2O3S. The monoisotopic (exact) mass is 346 g/mol. The van der Waals surface area contributed by atoms with Gasteiger partial charge in [0.25, 0.3) is 0 Å². The number of carboxylic acids is 1. The molecule has 2 unspecified atom stereocenters. The predicted octanol–water partition coefficient (Wildman–Crippen LogP) is 3.37. The van der Waals surface area contributed by atoms with Gasteiger partial charge in [0.2, 0.25) is 0 Å². The molecule has 0 amide bonds. The van der Waals surface area contributed by atoms with Gasteiger partial charge in [-0.2, -0.15) is 0 Å². The van der Waals surface area contributed by atoms with Gasteiger partial charge < -0.3 is 14.7 Å². The van der Waals surface area contributed by atoms with Gasteiger partial charge in [-0.3, -0.25) is 9.79 Å². The first kappa shape index (κ1) is 16.9. The second-order valence-electron chi connectivity index (χ2n) is 6.22. The molecule has 0 aliphatic carbocycles. The van der Waals surface area contributed by atoms with Crippen LogP contribution in [0, 0.1) is 5.92 Å². The van der Waals surface area contributed by atoms with Crippen molar-refractivity contribution in [1.29, 1.82) is 0 Å². The van der Waals surface area contributed by atoms with Crippen LogP contribution in [-0.4, -0.2) is 40.3 Å². The molecule has 5 nitrogen and oxygen atoms in total. The Morgan fingerprint density at radius 1 is 1.46 bits per heavy atom. The number of aliphatic carboxylic acids is 1. The van der Waals surface area contributed by atoms with E-state index in [-0.39, 0.29) is 0 Å². The first-order valence-electron chi connectivity index (χ1n) is 8.06. The summed E-state index contributed by atoms with van der Waals surface area (Å²) in [6, 6.07) is 8.03. The number of hydrogen-bond donors (Lipinski definition) is 1. The fraction of sp³-hybridized carbons (Fsp3) is 0.444. The number of hydrogen-bond acceptors (Lipinski definition) is 4. The summed E-state index contributed by atoms with van der Waals surface area (Å²) in [5.41, 5.74) is 1.20. The van der Waals surface area contributed by atoms with Gasteiger partial charge in [-0.1, -0.05) is 18.2 Å². The van der Waals surface area contributed by atoms with E-state index in [1.807, 2.05) is 24.5 Å². The molecule has 24 heavy (non-hydrogen) atoms. The summed E-state index contributed by atoms with van der Waals surface area (Å²) >= 11 is 1.49. The number of carbonyl (C=O) groups is 1. The van der Waals surface area contributed by atoms with Crippen LogP contribution < -0.4 is 4.74 Å². The molecule has 0 bridgehead atoms. The molecule has 0 saturated carbocycles. The minimum Gasteiger partial charge on any atom is -0.497 e. The normalized spacial score (nSPS) is 27.8. The van der Waals surface area contributed by atoms with Crippen LogP contribution in [0.25, 0.3) is 0 Å². The maximum absolute atomic E-state index is 11.5. The van der Waals surface area contributed by atoms with E-state index in [0.29, 0.717) is 0 Å². The average Bonchev–Trinajstić information content (AvgIpc) is 3.15. The molecule has 0 aromatic heterocycles. The van der Waals surface area contributed by atoms with Gasteiger partial charge >= 0.3 is 5.97 Å².